The molecule has 0 spiro atoms. The van der Waals surface area contributed by atoms with E-state index in [1.165, 1.54) is 16.7 Å². The van der Waals surface area contributed by atoms with E-state index in [0.717, 1.165) is 4.57 Å². The van der Waals surface area contributed by atoms with Gasteiger partial charge in [0.2, 0.25) is 0 Å². The number of imidazole rings is 1. The topological polar surface area (TPSA) is 123 Å². The van der Waals surface area contributed by atoms with E-state index in [4.69, 9.17) is 9.47 Å². The van der Waals surface area contributed by atoms with E-state index in [1.54, 1.807) is 10.9 Å². The molecule has 1 aliphatic rings. The third-order valence-corrected chi connectivity index (χ3v) is 5.40. The van der Waals surface area contributed by atoms with Gasteiger partial charge >= 0.3 is 5.69 Å². The van der Waals surface area contributed by atoms with Crippen molar-refractivity contribution in [2.45, 2.75) is 53.9 Å². The van der Waals surface area contributed by atoms with Crippen LogP contribution in [0.1, 0.15) is 38.8 Å². The van der Waals surface area contributed by atoms with Crippen molar-refractivity contribution in [3.8, 4) is 5.75 Å². The molecule has 2 aromatic heterocycles. The Morgan fingerprint density at radius 3 is 2.52 bits per heavy atom. The van der Waals surface area contributed by atoms with Crippen molar-refractivity contribution in [1.29, 1.82) is 0 Å². The second kappa shape index (κ2) is 8.81. The lowest BCUT2D eigenvalue weighted by atomic mass is 10.1. The first-order chi connectivity index (χ1) is 15.7. The molecule has 11 heteroatoms. The molecule has 0 amide bonds. The van der Waals surface area contributed by atoms with Crippen LogP contribution in [0.25, 0.3) is 11.2 Å². The van der Waals surface area contributed by atoms with Crippen LogP contribution in [-0.2, 0) is 31.0 Å². The van der Waals surface area contributed by atoms with E-state index < -0.39 is 16.2 Å². The van der Waals surface area contributed by atoms with Crippen LogP contribution in [0.15, 0.2) is 28.0 Å². The fourth-order valence-electron chi connectivity index (χ4n) is 4.11. The summed E-state index contributed by atoms with van der Waals surface area (Å²) < 4.78 is 15.2. The van der Waals surface area contributed by atoms with E-state index in [2.05, 4.69) is 4.98 Å². The fraction of sp³-hybridized carbons (Fsp3) is 0.500. The van der Waals surface area contributed by atoms with Crippen LogP contribution >= 0.6 is 0 Å². The molecule has 33 heavy (non-hydrogen) atoms. The van der Waals surface area contributed by atoms with E-state index in [1.807, 2.05) is 27.7 Å². The predicted octanol–water partition coefficient (Wildman–Crippen LogP) is 2.49. The lowest BCUT2D eigenvalue weighted by Crippen LogP contribution is -2.41. The zero-order chi connectivity index (χ0) is 23.9. The molecule has 4 rings (SSSR count). The van der Waals surface area contributed by atoms with E-state index in [9.17, 15) is 19.7 Å². The van der Waals surface area contributed by atoms with Gasteiger partial charge in [0.05, 0.1) is 24.4 Å². The summed E-state index contributed by atoms with van der Waals surface area (Å²) in [5, 5.41) is 11.5. The Balaban J connectivity index is 1.95. The molecule has 1 aromatic carbocycles. The summed E-state index contributed by atoms with van der Waals surface area (Å²) in [5.74, 6) is 0.806. The van der Waals surface area contributed by atoms with Crippen molar-refractivity contribution >= 4 is 16.9 Å². The molecule has 3 heterocycles. The van der Waals surface area contributed by atoms with Crippen molar-refractivity contribution in [3.63, 3.8) is 0 Å². The number of rotatable bonds is 7. The molecule has 3 aromatic rings. The average Bonchev–Trinajstić information content (AvgIpc) is 3.16. The van der Waals surface area contributed by atoms with Gasteiger partial charge in [0.25, 0.3) is 11.2 Å². The average molecular weight is 457 g/mol. The van der Waals surface area contributed by atoms with Gasteiger partial charge in [-0.3, -0.25) is 24.0 Å². The van der Waals surface area contributed by atoms with Gasteiger partial charge in [-0.05, 0) is 11.8 Å². The normalized spacial score (nSPS) is 13.5. The van der Waals surface area contributed by atoms with E-state index in [0.29, 0.717) is 41.1 Å². The number of nitrogens with zero attached hydrogens (tertiary/aromatic N) is 5. The summed E-state index contributed by atoms with van der Waals surface area (Å²) in [7, 11) is 0. The van der Waals surface area contributed by atoms with Crippen molar-refractivity contribution in [2.24, 2.45) is 11.8 Å². The molecule has 0 fully saturated rings. The number of aromatic nitrogens is 4. The lowest BCUT2D eigenvalue weighted by Gasteiger charge is -2.21. The summed E-state index contributed by atoms with van der Waals surface area (Å²) in [5.41, 5.74) is 0.427. The largest absolute Gasteiger partial charge is 0.467 e. The number of benzene rings is 1. The number of fused-ring (bicyclic) bond motifs is 2. The highest BCUT2D eigenvalue weighted by molar-refractivity contribution is 5.70. The first kappa shape index (κ1) is 22.7. The van der Waals surface area contributed by atoms with Crippen LogP contribution in [0.3, 0.4) is 0 Å². The van der Waals surface area contributed by atoms with Gasteiger partial charge in [-0.2, -0.15) is 0 Å². The Labute approximate surface area is 189 Å². The molecule has 0 saturated carbocycles. The number of non-ortho nitro benzene ring substituents is 1. The highest BCUT2D eigenvalue weighted by atomic mass is 16.7. The van der Waals surface area contributed by atoms with Gasteiger partial charge < -0.3 is 14.0 Å². The maximum absolute atomic E-state index is 13.5. The number of hydrogen-bond acceptors (Lipinski definition) is 7. The number of nitro groups is 1. The highest BCUT2D eigenvalue weighted by Crippen LogP contribution is 2.33. The highest BCUT2D eigenvalue weighted by Gasteiger charge is 2.24. The van der Waals surface area contributed by atoms with Crippen LogP contribution in [-0.4, -0.2) is 30.4 Å². The van der Waals surface area contributed by atoms with Crippen molar-refractivity contribution in [1.82, 2.24) is 18.7 Å². The second-order valence-corrected chi connectivity index (χ2v) is 9.10. The Morgan fingerprint density at radius 1 is 1.12 bits per heavy atom. The molecule has 0 bridgehead atoms. The van der Waals surface area contributed by atoms with E-state index in [-0.39, 0.29) is 37.5 Å². The number of ether oxygens (including phenoxy) is 2. The standard InChI is InChI=1S/C22H27N5O6/c1-13(2)7-24-11-23-20-18(24)21(28)26(22(29)25(20)8-14(3)4)9-15-5-17(27(30)31)6-16-10-32-12-33-19(15)16/h5-6,11,13-14H,7-10,12H2,1-4H3. The molecular weight excluding hydrogens is 430 g/mol. The zero-order valence-corrected chi connectivity index (χ0v) is 19.1. The SMILES string of the molecule is CC(C)Cn1cnc2c1c(=O)n(Cc1cc([N+](=O)[O-])cc3c1OCOC3)c(=O)n2CC(C)C. The molecule has 0 saturated heterocycles. The molecule has 11 nitrogen and oxygen atoms in total. The van der Waals surface area contributed by atoms with Crippen LogP contribution in [0.2, 0.25) is 0 Å². The van der Waals surface area contributed by atoms with Crippen molar-refractivity contribution < 1.29 is 14.4 Å². The van der Waals surface area contributed by atoms with E-state index >= 15 is 0 Å². The van der Waals surface area contributed by atoms with Gasteiger partial charge in [0.15, 0.2) is 18.0 Å². The molecule has 176 valence electrons. The zero-order valence-electron chi connectivity index (χ0n) is 19.1. The summed E-state index contributed by atoms with van der Waals surface area (Å²) in [6.07, 6.45) is 1.59. The Hall–Kier alpha value is -3.47. The first-order valence-electron chi connectivity index (χ1n) is 10.9. The number of hydrogen-bond donors (Lipinski definition) is 0. The Bertz CT molecular complexity index is 1330. The minimum atomic E-state index is -0.515. The van der Waals surface area contributed by atoms with Gasteiger partial charge in [-0.15, -0.1) is 0 Å². The second-order valence-electron chi connectivity index (χ2n) is 9.10. The fourth-order valence-corrected chi connectivity index (χ4v) is 4.11. The maximum Gasteiger partial charge on any atom is 0.333 e. The molecular formula is C22H27N5O6. The summed E-state index contributed by atoms with van der Waals surface area (Å²) >= 11 is 0. The molecule has 0 N–H and O–H groups in total. The van der Waals surface area contributed by atoms with Crippen LogP contribution in [0, 0.1) is 22.0 Å². The van der Waals surface area contributed by atoms with Gasteiger partial charge in [0, 0.05) is 36.3 Å². The van der Waals surface area contributed by atoms with Gasteiger partial charge in [0.1, 0.15) is 5.75 Å². The molecule has 0 unspecified atom stereocenters. The van der Waals surface area contributed by atoms with Crippen molar-refractivity contribution in [3.05, 3.63) is 60.5 Å². The Kier molecular flexibility index (Phi) is 6.07. The summed E-state index contributed by atoms with van der Waals surface area (Å²) in [6, 6.07) is 2.73. The quantitative estimate of drug-likeness (QED) is 0.394. The number of nitro benzene ring substituents is 1. The van der Waals surface area contributed by atoms with Gasteiger partial charge in [-0.25, -0.2) is 9.78 Å². The molecule has 1 aliphatic heterocycles. The van der Waals surface area contributed by atoms with Crippen LogP contribution < -0.4 is 16.0 Å². The van der Waals surface area contributed by atoms with Crippen molar-refractivity contribution in [2.75, 3.05) is 6.79 Å². The predicted molar refractivity (Wildman–Crippen MR) is 120 cm³/mol. The first-order valence-corrected chi connectivity index (χ1v) is 10.9. The summed E-state index contributed by atoms with van der Waals surface area (Å²) in [4.78, 5) is 42.3. The van der Waals surface area contributed by atoms with Gasteiger partial charge in [-0.1, -0.05) is 27.7 Å². The third kappa shape index (κ3) is 4.28. The van der Waals surface area contributed by atoms with Crippen LogP contribution in [0.5, 0.6) is 5.75 Å². The smallest absolute Gasteiger partial charge is 0.333 e. The summed E-state index contributed by atoms with van der Waals surface area (Å²) in [6.45, 7) is 8.94. The molecule has 0 atom stereocenters. The Morgan fingerprint density at radius 2 is 1.85 bits per heavy atom. The molecule has 0 radical (unpaired) electrons. The lowest BCUT2D eigenvalue weighted by molar-refractivity contribution is -0.385. The third-order valence-electron chi connectivity index (χ3n) is 5.40. The molecule has 0 aliphatic carbocycles. The monoisotopic (exact) mass is 457 g/mol. The minimum Gasteiger partial charge on any atom is -0.467 e. The maximum atomic E-state index is 13.5. The van der Waals surface area contributed by atoms with Crippen LogP contribution in [0.4, 0.5) is 5.69 Å². The minimum absolute atomic E-state index is 0.00944.